The first-order valence-electron chi connectivity index (χ1n) is 7.30. The van der Waals surface area contributed by atoms with Crippen LogP contribution in [0, 0.1) is 6.92 Å². The second kappa shape index (κ2) is 7.25. The molecule has 1 aliphatic heterocycles. The van der Waals surface area contributed by atoms with E-state index in [9.17, 15) is 22.8 Å². The lowest BCUT2D eigenvalue weighted by atomic mass is 10.1. The zero-order chi connectivity index (χ0) is 17.9. The van der Waals surface area contributed by atoms with Crippen LogP contribution in [0.5, 0.6) is 0 Å². The van der Waals surface area contributed by atoms with Crippen LogP contribution in [0.15, 0.2) is 30.5 Å². The van der Waals surface area contributed by atoms with Gasteiger partial charge in [-0.15, -0.1) is 0 Å². The number of anilines is 1. The molecule has 1 aromatic rings. The third-order valence-electron chi connectivity index (χ3n) is 3.75. The maximum Gasteiger partial charge on any atom is 0.454 e. The summed E-state index contributed by atoms with van der Waals surface area (Å²) >= 11 is 5.90. The van der Waals surface area contributed by atoms with Gasteiger partial charge in [0, 0.05) is 29.5 Å². The number of amides is 1. The van der Waals surface area contributed by atoms with Gasteiger partial charge in [-0.3, -0.25) is 9.59 Å². The van der Waals surface area contributed by atoms with E-state index in [4.69, 9.17) is 11.6 Å². The molecular formula is C16H16ClF3N2O2. The zero-order valence-electron chi connectivity index (χ0n) is 12.9. The number of benzene rings is 1. The summed E-state index contributed by atoms with van der Waals surface area (Å²) in [4.78, 5) is 24.8. The fourth-order valence-corrected chi connectivity index (χ4v) is 2.62. The molecule has 8 heteroatoms. The molecule has 0 radical (unpaired) electrons. The fraction of sp³-hybridized carbons (Fsp3) is 0.375. The molecule has 0 aromatic heterocycles. The molecule has 24 heavy (non-hydrogen) atoms. The van der Waals surface area contributed by atoms with Crippen molar-refractivity contribution in [2.24, 2.45) is 0 Å². The maximum absolute atomic E-state index is 12.4. The summed E-state index contributed by atoms with van der Waals surface area (Å²) in [5.41, 5.74) is 1.37. The first-order valence-corrected chi connectivity index (χ1v) is 7.68. The van der Waals surface area contributed by atoms with E-state index in [0.717, 1.165) is 11.8 Å². The maximum atomic E-state index is 12.4. The number of hydrogen-bond donors (Lipinski definition) is 1. The highest BCUT2D eigenvalue weighted by molar-refractivity contribution is 6.31. The molecule has 0 unspecified atom stereocenters. The van der Waals surface area contributed by atoms with Crippen LogP contribution < -0.4 is 5.32 Å². The normalized spacial score (nSPS) is 18.2. The van der Waals surface area contributed by atoms with Gasteiger partial charge in [-0.25, -0.2) is 0 Å². The highest BCUT2D eigenvalue weighted by Gasteiger charge is 2.37. The smallest absolute Gasteiger partial charge is 0.365 e. The Morgan fingerprint density at radius 1 is 1.38 bits per heavy atom. The van der Waals surface area contributed by atoms with Gasteiger partial charge in [0.1, 0.15) is 6.04 Å². The molecule has 130 valence electrons. The SMILES string of the molecule is Cc1ccc(Cl)cc1NC(=O)[C@@H]1CCCN1/C=C/C(=O)C(F)(F)F. The number of hydrogen-bond acceptors (Lipinski definition) is 3. The van der Waals surface area contributed by atoms with E-state index in [1.165, 1.54) is 4.90 Å². The summed E-state index contributed by atoms with van der Waals surface area (Å²) in [5, 5.41) is 3.20. The van der Waals surface area contributed by atoms with Crippen LogP contribution in [0.3, 0.4) is 0 Å². The lowest BCUT2D eigenvalue weighted by Gasteiger charge is -2.22. The Morgan fingerprint density at radius 2 is 2.08 bits per heavy atom. The number of alkyl halides is 3. The molecule has 1 N–H and O–H groups in total. The molecule has 4 nitrogen and oxygen atoms in total. The molecule has 1 atom stereocenters. The summed E-state index contributed by atoms with van der Waals surface area (Å²) in [7, 11) is 0. The number of nitrogens with one attached hydrogen (secondary N) is 1. The number of rotatable bonds is 4. The molecule has 1 aromatic carbocycles. The molecule has 0 bridgehead atoms. The Balaban J connectivity index is 2.07. The zero-order valence-corrected chi connectivity index (χ0v) is 13.6. The van der Waals surface area contributed by atoms with Crippen LogP contribution in [0.2, 0.25) is 5.02 Å². The first-order chi connectivity index (χ1) is 11.2. The summed E-state index contributed by atoms with van der Waals surface area (Å²) in [5.74, 6) is -2.29. The van der Waals surface area contributed by atoms with Crippen LogP contribution in [-0.4, -0.2) is 35.4 Å². The lowest BCUT2D eigenvalue weighted by molar-refractivity contribution is -0.165. The van der Waals surface area contributed by atoms with Gasteiger partial charge in [-0.2, -0.15) is 13.2 Å². The molecule has 1 saturated heterocycles. The van der Waals surface area contributed by atoms with Gasteiger partial charge in [0.25, 0.3) is 5.78 Å². The van der Waals surface area contributed by atoms with Crippen LogP contribution in [0.4, 0.5) is 18.9 Å². The lowest BCUT2D eigenvalue weighted by Crippen LogP contribution is -2.37. The largest absolute Gasteiger partial charge is 0.454 e. The summed E-state index contributed by atoms with van der Waals surface area (Å²) in [6, 6.07) is 4.43. The summed E-state index contributed by atoms with van der Waals surface area (Å²) in [6.45, 7) is 2.22. The van der Waals surface area contributed by atoms with E-state index < -0.39 is 18.0 Å². The highest BCUT2D eigenvalue weighted by Crippen LogP contribution is 2.24. The molecule has 1 fully saturated rings. The Kier molecular flexibility index (Phi) is 5.54. The monoisotopic (exact) mass is 360 g/mol. The summed E-state index contributed by atoms with van der Waals surface area (Å²) < 4.78 is 36.7. The minimum Gasteiger partial charge on any atom is -0.365 e. The topological polar surface area (TPSA) is 49.4 Å². The minimum absolute atomic E-state index is 0.345. The standard InChI is InChI=1S/C16H16ClF3N2O2/c1-10-4-5-11(17)9-12(10)21-15(24)13-3-2-7-22(13)8-6-14(23)16(18,19)20/h4-6,8-9,13H,2-3,7H2,1H3,(H,21,24)/b8-6+/t13-/m0/s1. The van der Waals surface area contributed by atoms with Crippen molar-refractivity contribution in [1.29, 1.82) is 0 Å². The fourth-order valence-electron chi connectivity index (χ4n) is 2.45. The Hall–Kier alpha value is -2.02. The van der Waals surface area contributed by atoms with Gasteiger partial charge in [0.05, 0.1) is 0 Å². The molecule has 1 heterocycles. The molecule has 2 rings (SSSR count). The summed E-state index contributed by atoms with van der Waals surface area (Å²) in [6.07, 6.45) is -2.27. The number of carbonyl (C=O) groups is 2. The number of carbonyl (C=O) groups excluding carboxylic acids is 2. The van der Waals surface area contributed by atoms with Crippen LogP contribution in [0.1, 0.15) is 18.4 Å². The Labute approximate surface area is 142 Å². The van der Waals surface area contributed by atoms with E-state index >= 15 is 0 Å². The van der Waals surface area contributed by atoms with Crippen molar-refractivity contribution in [2.75, 3.05) is 11.9 Å². The number of ketones is 1. The highest BCUT2D eigenvalue weighted by atomic mass is 35.5. The van der Waals surface area contributed by atoms with Gasteiger partial charge in [-0.05, 0) is 37.5 Å². The molecule has 0 saturated carbocycles. The second-order valence-corrected chi connectivity index (χ2v) is 5.96. The van der Waals surface area contributed by atoms with Gasteiger partial charge in [-0.1, -0.05) is 17.7 Å². The van der Waals surface area contributed by atoms with Gasteiger partial charge in [0.2, 0.25) is 5.91 Å². The quantitative estimate of drug-likeness (QED) is 0.833. The van der Waals surface area contributed by atoms with Gasteiger partial charge < -0.3 is 10.2 Å². The Morgan fingerprint density at radius 3 is 2.75 bits per heavy atom. The van der Waals surface area contributed by atoms with E-state index in [2.05, 4.69) is 5.32 Å². The third-order valence-corrected chi connectivity index (χ3v) is 3.99. The van der Waals surface area contributed by atoms with Crippen molar-refractivity contribution < 1.29 is 22.8 Å². The Bertz CT molecular complexity index is 674. The van der Waals surface area contributed by atoms with E-state index in [1.54, 1.807) is 25.1 Å². The van der Waals surface area contributed by atoms with Gasteiger partial charge >= 0.3 is 6.18 Å². The van der Waals surface area contributed by atoms with Crippen molar-refractivity contribution in [1.82, 2.24) is 4.90 Å². The van der Waals surface area contributed by atoms with Crippen LogP contribution in [-0.2, 0) is 9.59 Å². The van der Waals surface area contributed by atoms with E-state index in [0.29, 0.717) is 36.2 Å². The average molecular weight is 361 g/mol. The predicted molar refractivity (Wildman–Crippen MR) is 84.7 cm³/mol. The van der Waals surface area contributed by atoms with Gasteiger partial charge in [0.15, 0.2) is 0 Å². The van der Waals surface area contributed by atoms with Crippen molar-refractivity contribution >= 4 is 29.0 Å². The molecule has 1 aliphatic rings. The number of nitrogens with zero attached hydrogens (tertiary/aromatic N) is 1. The van der Waals surface area contributed by atoms with Crippen molar-refractivity contribution in [2.45, 2.75) is 32.0 Å². The number of aryl methyl sites for hydroxylation is 1. The second-order valence-electron chi connectivity index (χ2n) is 5.52. The first kappa shape index (κ1) is 18.3. The number of likely N-dealkylation sites (tertiary alicyclic amines) is 1. The molecule has 0 spiro atoms. The molecule has 0 aliphatic carbocycles. The van der Waals surface area contributed by atoms with Crippen molar-refractivity contribution in [3.05, 3.63) is 41.1 Å². The predicted octanol–water partition coefficient (Wildman–Crippen LogP) is 3.70. The average Bonchev–Trinajstić information content (AvgIpc) is 2.96. The van der Waals surface area contributed by atoms with Crippen LogP contribution >= 0.6 is 11.6 Å². The third kappa shape index (κ3) is 4.50. The van der Waals surface area contributed by atoms with Crippen molar-refractivity contribution in [3.8, 4) is 0 Å². The molecular weight excluding hydrogens is 345 g/mol. The van der Waals surface area contributed by atoms with Crippen molar-refractivity contribution in [3.63, 3.8) is 0 Å². The number of halogens is 4. The molecule has 1 amide bonds. The number of allylic oxidation sites excluding steroid dienone is 1. The van der Waals surface area contributed by atoms with E-state index in [1.807, 2.05) is 0 Å². The minimum atomic E-state index is -4.91. The van der Waals surface area contributed by atoms with Crippen LogP contribution in [0.25, 0.3) is 0 Å². The van der Waals surface area contributed by atoms with E-state index in [-0.39, 0.29) is 5.91 Å².